The van der Waals surface area contributed by atoms with Gasteiger partial charge in [0.15, 0.2) is 0 Å². The Bertz CT molecular complexity index is 1390. The number of nitrogens with one attached hydrogen (secondary N) is 7. The zero-order valence-electron chi connectivity index (χ0n) is 33.8. The average molecular weight is 794 g/mol. The number of amides is 6. The smallest absolute Gasteiger partial charge is 0.326 e. The van der Waals surface area contributed by atoms with Crippen molar-refractivity contribution in [3.63, 3.8) is 0 Å². The maximum Gasteiger partial charge on any atom is 0.326 e. The topological polar surface area (TPSA) is 319 Å². The van der Waals surface area contributed by atoms with Gasteiger partial charge in [-0.3, -0.25) is 28.8 Å². The van der Waals surface area contributed by atoms with Gasteiger partial charge in [0.25, 0.3) is 0 Å². The number of unbranched alkanes of at least 4 members (excludes halogenated alkanes) is 2. The average Bonchev–Trinajstić information content (AvgIpc) is 3.63. The summed E-state index contributed by atoms with van der Waals surface area (Å²) in [4.78, 5) is 98.3. The van der Waals surface area contributed by atoms with E-state index in [2.05, 4.69) is 41.9 Å². The number of hydrogen-bond acceptors (Lipinski definition) is 11. The van der Waals surface area contributed by atoms with Crippen LogP contribution in [0.1, 0.15) is 98.6 Å². The Labute approximate surface area is 330 Å². The fourth-order valence-corrected chi connectivity index (χ4v) is 5.79. The molecule has 0 aliphatic carbocycles. The van der Waals surface area contributed by atoms with Crippen LogP contribution in [-0.4, -0.2) is 112 Å². The maximum absolute atomic E-state index is 13.7. The van der Waals surface area contributed by atoms with Gasteiger partial charge in [-0.2, -0.15) is 0 Å². The molecular weight excluding hydrogens is 726 g/mol. The summed E-state index contributed by atoms with van der Waals surface area (Å²) in [6.07, 6.45) is 5.99. The van der Waals surface area contributed by atoms with Gasteiger partial charge in [-0.25, -0.2) is 9.78 Å². The van der Waals surface area contributed by atoms with Crippen LogP contribution in [-0.2, 0) is 40.0 Å². The molecule has 56 heavy (non-hydrogen) atoms. The van der Waals surface area contributed by atoms with Crippen molar-refractivity contribution < 1.29 is 38.7 Å². The van der Waals surface area contributed by atoms with E-state index in [0.717, 1.165) is 0 Å². The number of carbonyl (C=O) groups excluding carboxylic acids is 6. The van der Waals surface area contributed by atoms with Gasteiger partial charge in [-0.05, 0) is 82.2 Å². The van der Waals surface area contributed by atoms with Crippen LogP contribution in [0.5, 0.6) is 0 Å². The highest BCUT2D eigenvalue weighted by Gasteiger charge is 2.33. The van der Waals surface area contributed by atoms with E-state index >= 15 is 0 Å². The molecule has 14 N–H and O–H groups in total. The predicted octanol–water partition coefficient (Wildman–Crippen LogP) is -1.09. The molecule has 1 heterocycles. The lowest BCUT2D eigenvalue weighted by molar-refractivity contribution is -0.142. The Morgan fingerprint density at radius 3 is 1.70 bits per heavy atom. The molecule has 6 amide bonds. The van der Waals surface area contributed by atoms with Crippen molar-refractivity contribution in [2.75, 3.05) is 19.6 Å². The van der Waals surface area contributed by atoms with Crippen LogP contribution in [0.25, 0.3) is 0 Å². The minimum Gasteiger partial charge on any atom is -0.480 e. The van der Waals surface area contributed by atoms with Crippen LogP contribution in [0.3, 0.4) is 0 Å². The number of carboxylic acid groups (broad SMARTS) is 1. The summed E-state index contributed by atoms with van der Waals surface area (Å²) in [6.45, 7) is 11.2. The fourth-order valence-electron chi connectivity index (χ4n) is 5.79. The Hall–Kier alpha value is -4.62. The number of H-pyrrole nitrogens is 1. The molecule has 0 aliphatic heterocycles. The van der Waals surface area contributed by atoms with E-state index in [1.807, 2.05) is 27.7 Å². The molecule has 0 bridgehead atoms. The largest absolute Gasteiger partial charge is 0.480 e. The van der Waals surface area contributed by atoms with Crippen LogP contribution in [0.4, 0.5) is 0 Å². The molecule has 0 aliphatic rings. The number of aromatic nitrogens is 2. The van der Waals surface area contributed by atoms with Crippen molar-refractivity contribution in [2.24, 2.45) is 35.0 Å². The Kier molecular flexibility index (Phi) is 23.2. The second-order valence-electron chi connectivity index (χ2n) is 15.3. The van der Waals surface area contributed by atoms with Crippen molar-refractivity contribution >= 4 is 41.4 Å². The molecule has 0 saturated heterocycles. The summed E-state index contributed by atoms with van der Waals surface area (Å²) < 4.78 is 0. The number of aliphatic carboxylic acids is 1. The third-order valence-electron chi connectivity index (χ3n) is 8.84. The second kappa shape index (κ2) is 26.3. The van der Waals surface area contributed by atoms with Crippen LogP contribution >= 0.6 is 0 Å². The van der Waals surface area contributed by atoms with Crippen molar-refractivity contribution in [3.8, 4) is 0 Å². The van der Waals surface area contributed by atoms with E-state index in [1.165, 1.54) is 12.5 Å². The molecule has 0 aromatic carbocycles. The summed E-state index contributed by atoms with van der Waals surface area (Å²) in [5, 5.41) is 25.5. The summed E-state index contributed by atoms with van der Waals surface area (Å²) >= 11 is 0. The van der Waals surface area contributed by atoms with Gasteiger partial charge in [-0.1, -0.05) is 41.5 Å². The molecule has 0 unspecified atom stereocenters. The van der Waals surface area contributed by atoms with E-state index in [1.54, 1.807) is 13.8 Å². The summed E-state index contributed by atoms with van der Waals surface area (Å²) in [5.74, 6) is -5.45. The van der Waals surface area contributed by atoms with Crippen molar-refractivity contribution in [1.82, 2.24) is 41.9 Å². The lowest BCUT2D eigenvalue weighted by Gasteiger charge is -2.28. The molecule has 6 atom stereocenters. The highest BCUT2D eigenvalue weighted by atomic mass is 16.4. The predicted molar refractivity (Wildman–Crippen MR) is 210 cm³/mol. The molecule has 1 rings (SSSR count). The first-order valence-corrected chi connectivity index (χ1v) is 19.5. The summed E-state index contributed by atoms with van der Waals surface area (Å²) in [6, 6.07) is -6.44. The van der Waals surface area contributed by atoms with E-state index in [9.17, 15) is 38.7 Å². The number of hydrogen-bond donors (Lipinski definition) is 11. The summed E-state index contributed by atoms with van der Waals surface area (Å²) in [5.41, 5.74) is 17.8. The zero-order chi connectivity index (χ0) is 42.4. The second-order valence-corrected chi connectivity index (χ2v) is 15.3. The number of nitrogens with zero attached hydrogens (tertiary/aromatic N) is 1. The molecule has 0 saturated carbocycles. The zero-order valence-corrected chi connectivity index (χ0v) is 33.8. The van der Waals surface area contributed by atoms with Gasteiger partial charge in [-0.15, -0.1) is 0 Å². The van der Waals surface area contributed by atoms with Gasteiger partial charge < -0.3 is 59.2 Å². The SMILES string of the molecule is CC(C)C[C@H](NC(=O)[C@H](CCCCN)NC(=O)[C@@H](NC(=O)CNC(=O)[C@H](CCCCN)NC(=O)[C@@H](N)CC(C)C)C(C)C)C(=O)N[C@@H](Cc1cnc[nH]1)C(=O)O. The third-order valence-corrected chi connectivity index (χ3v) is 8.84. The first-order valence-electron chi connectivity index (χ1n) is 19.5. The number of imidazole rings is 1. The van der Waals surface area contributed by atoms with Crippen LogP contribution < -0.4 is 49.1 Å². The monoisotopic (exact) mass is 794 g/mol. The minimum atomic E-state index is -1.30. The van der Waals surface area contributed by atoms with Gasteiger partial charge in [0.1, 0.15) is 30.2 Å². The Morgan fingerprint density at radius 2 is 1.20 bits per heavy atom. The number of aromatic amines is 1. The van der Waals surface area contributed by atoms with E-state index in [0.29, 0.717) is 50.9 Å². The van der Waals surface area contributed by atoms with E-state index in [-0.39, 0.29) is 37.5 Å². The molecule has 0 spiro atoms. The van der Waals surface area contributed by atoms with Gasteiger partial charge in [0, 0.05) is 18.3 Å². The van der Waals surface area contributed by atoms with Gasteiger partial charge in [0.2, 0.25) is 35.4 Å². The number of rotatable bonds is 28. The maximum atomic E-state index is 13.7. The molecule has 0 fully saturated rings. The quantitative estimate of drug-likeness (QED) is 0.0451. The minimum absolute atomic E-state index is 0.0632. The first kappa shape index (κ1) is 49.4. The Balaban J connectivity index is 3.06. The number of carbonyl (C=O) groups is 7. The molecule has 318 valence electrons. The molecule has 0 radical (unpaired) electrons. The molecule has 1 aromatic heterocycles. The lowest BCUT2D eigenvalue weighted by atomic mass is 10.00. The van der Waals surface area contributed by atoms with Crippen LogP contribution in [0.2, 0.25) is 0 Å². The molecule has 19 heteroatoms. The lowest BCUT2D eigenvalue weighted by Crippen LogP contribution is -2.59. The van der Waals surface area contributed by atoms with Crippen molar-refractivity contribution in [1.29, 1.82) is 0 Å². The highest BCUT2D eigenvalue weighted by molar-refractivity contribution is 5.96. The van der Waals surface area contributed by atoms with Gasteiger partial charge in [0.05, 0.1) is 18.9 Å². The third kappa shape index (κ3) is 19.3. The number of carboxylic acids is 1. The van der Waals surface area contributed by atoms with E-state index < -0.39 is 90.1 Å². The first-order chi connectivity index (χ1) is 26.4. The van der Waals surface area contributed by atoms with Crippen molar-refractivity contribution in [3.05, 3.63) is 18.2 Å². The highest BCUT2D eigenvalue weighted by Crippen LogP contribution is 2.11. The molecule has 1 aromatic rings. The summed E-state index contributed by atoms with van der Waals surface area (Å²) in [7, 11) is 0. The molecule has 19 nitrogen and oxygen atoms in total. The Morgan fingerprint density at radius 1 is 0.679 bits per heavy atom. The van der Waals surface area contributed by atoms with Crippen molar-refractivity contribution in [2.45, 2.75) is 136 Å². The normalized spacial score (nSPS) is 14.6. The van der Waals surface area contributed by atoms with E-state index in [4.69, 9.17) is 17.2 Å². The fraction of sp³-hybridized carbons (Fsp3) is 0.730. The van der Waals surface area contributed by atoms with Gasteiger partial charge >= 0.3 is 5.97 Å². The van der Waals surface area contributed by atoms with Crippen LogP contribution in [0.15, 0.2) is 12.5 Å². The standard InChI is InChI=1S/C37H67N11O8/c1-21(2)15-25(40)32(50)44-26(11-7-9-13-38)33(51)42-19-30(49)48-31(23(5)6)36(54)45-27(12-8-10-14-39)34(52)46-28(16-22(3)4)35(53)47-29(37(55)56)17-24-18-41-20-43-24/h18,20-23,25-29,31H,7-17,19,38-40H2,1-6H3,(H,41,43)(H,42,51)(H,44,50)(H,45,54)(H,46,52)(H,47,53)(H,48,49)(H,55,56)/t25-,26-,27-,28-,29-,31-/m0/s1. The van der Waals surface area contributed by atoms with Crippen LogP contribution in [0, 0.1) is 17.8 Å². The number of nitrogens with two attached hydrogens (primary N) is 3. The molecular formula is C37H67N11O8.